The molecule has 0 heterocycles. The number of hydrogen-bond acceptors (Lipinski definition) is 3. The van der Waals surface area contributed by atoms with E-state index >= 15 is 0 Å². The lowest BCUT2D eigenvalue weighted by Crippen LogP contribution is -2.42. The van der Waals surface area contributed by atoms with E-state index in [0.717, 1.165) is 38.7 Å². The highest BCUT2D eigenvalue weighted by Gasteiger charge is 2.14. The number of rotatable bonds is 9. The molecular weight excluding hydrogens is 288 g/mol. The number of nitrogens with one attached hydrogen (secondary N) is 2. The first kappa shape index (κ1) is 19.5. The highest BCUT2D eigenvalue weighted by molar-refractivity contribution is 5.79. The van der Waals surface area contributed by atoms with Gasteiger partial charge in [-0.3, -0.25) is 4.99 Å². The van der Waals surface area contributed by atoms with Gasteiger partial charge in [-0.05, 0) is 39.9 Å². The van der Waals surface area contributed by atoms with Crippen LogP contribution in [0.2, 0.25) is 0 Å². The Kier molecular flexibility index (Phi) is 9.33. The Morgan fingerprint density at radius 3 is 2.48 bits per heavy atom. The molecular formula is C18H32N4O. The Bertz CT molecular complexity index is 457. The average molecular weight is 320 g/mol. The fourth-order valence-corrected chi connectivity index (χ4v) is 2.33. The van der Waals surface area contributed by atoms with Crippen molar-refractivity contribution >= 4 is 5.96 Å². The van der Waals surface area contributed by atoms with Crippen molar-refractivity contribution in [1.29, 1.82) is 0 Å². The second-order valence-corrected chi connectivity index (χ2v) is 5.82. The quantitative estimate of drug-likeness (QED) is 0.416. The Morgan fingerprint density at radius 1 is 1.22 bits per heavy atom. The molecule has 0 aliphatic carbocycles. The molecule has 2 N–H and O–H groups in total. The van der Waals surface area contributed by atoms with E-state index in [4.69, 9.17) is 4.74 Å². The second-order valence-electron chi connectivity index (χ2n) is 5.82. The highest BCUT2D eigenvalue weighted by atomic mass is 16.5. The number of ether oxygens (including phenoxy) is 1. The third-order valence-electron chi connectivity index (χ3n) is 3.73. The molecule has 23 heavy (non-hydrogen) atoms. The molecule has 0 saturated heterocycles. The first-order chi connectivity index (χ1) is 11.1. The van der Waals surface area contributed by atoms with Crippen LogP contribution in [0, 0.1) is 6.92 Å². The number of guanidine groups is 1. The van der Waals surface area contributed by atoms with Crippen LogP contribution < -0.4 is 10.6 Å². The van der Waals surface area contributed by atoms with E-state index in [2.05, 4.69) is 65.8 Å². The number of nitrogens with zero attached hydrogens (tertiary/aromatic N) is 2. The van der Waals surface area contributed by atoms with Crippen LogP contribution in [0.25, 0.3) is 0 Å². The molecule has 1 atom stereocenters. The van der Waals surface area contributed by atoms with Gasteiger partial charge < -0.3 is 20.3 Å². The van der Waals surface area contributed by atoms with Crippen LogP contribution in [0.4, 0.5) is 0 Å². The first-order valence-corrected chi connectivity index (χ1v) is 8.33. The van der Waals surface area contributed by atoms with Crippen molar-refractivity contribution in [1.82, 2.24) is 15.5 Å². The van der Waals surface area contributed by atoms with Crippen LogP contribution in [-0.2, 0) is 4.74 Å². The number of aliphatic imine (C=N–C) groups is 1. The summed E-state index contributed by atoms with van der Waals surface area (Å²) in [6.45, 7) is 7.34. The van der Waals surface area contributed by atoms with Gasteiger partial charge in [0.1, 0.15) is 0 Å². The van der Waals surface area contributed by atoms with Crippen molar-refractivity contribution < 1.29 is 4.74 Å². The van der Waals surface area contributed by atoms with Gasteiger partial charge in [0, 0.05) is 33.4 Å². The largest absolute Gasteiger partial charge is 0.382 e. The molecule has 1 rings (SSSR count). The minimum absolute atomic E-state index is 0.303. The Labute approximate surface area is 141 Å². The summed E-state index contributed by atoms with van der Waals surface area (Å²) >= 11 is 0. The van der Waals surface area contributed by atoms with Gasteiger partial charge >= 0.3 is 0 Å². The van der Waals surface area contributed by atoms with Crippen LogP contribution in [0.3, 0.4) is 0 Å². The van der Waals surface area contributed by atoms with Crippen LogP contribution in [0.15, 0.2) is 29.3 Å². The monoisotopic (exact) mass is 320 g/mol. The van der Waals surface area contributed by atoms with Gasteiger partial charge in [0.25, 0.3) is 0 Å². The third-order valence-corrected chi connectivity index (χ3v) is 3.73. The number of aryl methyl sites for hydroxylation is 1. The van der Waals surface area contributed by atoms with Crippen LogP contribution in [-0.4, -0.2) is 58.3 Å². The third kappa shape index (κ3) is 7.48. The molecule has 0 radical (unpaired) electrons. The summed E-state index contributed by atoms with van der Waals surface area (Å²) in [5.74, 6) is 0.834. The fraction of sp³-hybridized carbons (Fsp3) is 0.611. The zero-order chi connectivity index (χ0) is 17.1. The maximum absolute atomic E-state index is 5.34. The van der Waals surface area contributed by atoms with E-state index in [-0.39, 0.29) is 0 Å². The van der Waals surface area contributed by atoms with Crippen molar-refractivity contribution in [3.05, 3.63) is 35.4 Å². The maximum Gasteiger partial charge on any atom is 0.191 e. The van der Waals surface area contributed by atoms with Gasteiger partial charge in [0.2, 0.25) is 0 Å². The van der Waals surface area contributed by atoms with E-state index in [1.807, 2.05) is 6.92 Å². The molecule has 1 aromatic carbocycles. The van der Waals surface area contributed by atoms with E-state index in [1.165, 1.54) is 11.1 Å². The molecule has 5 heteroatoms. The lowest BCUT2D eigenvalue weighted by atomic mass is 10.0. The van der Waals surface area contributed by atoms with Gasteiger partial charge in [-0.1, -0.05) is 29.8 Å². The van der Waals surface area contributed by atoms with Gasteiger partial charge in [0.05, 0.1) is 6.04 Å². The van der Waals surface area contributed by atoms with E-state index < -0.39 is 0 Å². The van der Waals surface area contributed by atoms with Crippen LogP contribution >= 0.6 is 0 Å². The molecule has 1 unspecified atom stereocenters. The summed E-state index contributed by atoms with van der Waals surface area (Å²) in [7, 11) is 6.00. The second kappa shape index (κ2) is 11.0. The van der Waals surface area contributed by atoms with Crippen molar-refractivity contribution in [2.45, 2.75) is 26.3 Å². The minimum atomic E-state index is 0.303. The predicted molar refractivity (Wildman–Crippen MR) is 98.1 cm³/mol. The van der Waals surface area contributed by atoms with Crippen molar-refractivity contribution in [3.8, 4) is 0 Å². The van der Waals surface area contributed by atoms with Gasteiger partial charge in [-0.2, -0.15) is 0 Å². The summed E-state index contributed by atoms with van der Waals surface area (Å²) < 4.78 is 5.34. The minimum Gasteiger partial charge on any atom is -0.382 e. The average Bonchev–Trinajstić information content (AvgIpc) is 2.54. The molecule has 0 spiro atoms. The molecule has 0 amide bonds. The summed E-state index contributed by atoms with van der Waals surface area (Å²) in [6, 6.07) is 9.01. The SMILES string of the molecule is CCOCCCNC(=NC)NCC(c1ccc(C)cc1)N(C)C. The Morgan fingerprint density at radius 2 is 1.91 bits per heavy atom. The molecule has 0 saturated carbocycles. The molecule has 0 fully saturated rings. The van der Waals surface area contributed by atoms with Crippen molar-refractivity contribution in [2.24, 2.45) is 4.99 Å². The molecule has 0 aliphatic rings. The van der Waals surface area contributed by atoms with E-state index in [9.17, 15) is 0 Å². The van der Waals surface area contributed by atoms with Crippen LogP contribution in [0.1, 0.15) is 30.5 Å². The van der Waals surface area contributed by atoms with E-state index in [0.29, 0.717) is 6.04 Å². The highest BCUT2D eigenvalue weighted by Crippen LogP contribution is 2.17. The zero-order valence-electron chi connectivity index (χ0n) is 15.2. The molecule has 0 bridgehead atoms. The normalized spacial score (nSPS) is 13.2. The zero-order valence-corrected chi connectivity index (χ0v) is 15.2. The molecule has 130 valence electrons. The molecule has 1 aromatic rings. The standard InChI is InChI=1S/C18H32N4O/c1-6-23-13-7-12-20-18(19-3)21-14-17(22(4)5)16-10-8-15(2)9-11-16/h8-11,17H,6-7,12-14H2,1-5H3,(H2,19,20,21). The van der Waals surface area contributed by atoms with Crippen molar-refractivity contribution in [3.63, 3.8) is 0 Å². The predicted octanol–water partition coefficient (Wildman–Crippen LogP) is 2.19. The van der Waals surface area contributed by atoms with Crippen molar-refractivity contribution in [2.75, 3.05) is 47.4 Å². The topological polar surface area (TPSA) is 48.9 Å². The number of hydrogen-bond donors (Lipinski definition) is 2. The molecule has 0 aromatic heterocycles. The number of benzene rings is 1. The lowest BCUT2D eigenvalue weighted by molar-refractivity contribution is 0.145. The van der Waals surface area contributed by atoms with Gasteiger partial charge in [-0.25, -0.2) is 0 Å². The summed E-state index contributed by atoms with van der Waals surface area (Å²) in [5.41, 5.74) is 2.59. The summed E-state index contributed by atoms with van der Waals surface area (Å²) in [4.78, 5) is 6.50. The van der Waals surface area contributed by atoms with E-state index in [1.54, 1.807) is 7.05 Å². The Balaban J connectivity index is 2.48. The fourth-order valence-electron chi connectivity index (χ4n) is 2.33. The van der Waals surface area contributed by atoms with Crippen LogP contribution in [0.5, 0.6) is 0 Å². The molecule has 0 aliphatic heterocycles. The summed E-state index contributed by atoms with van der Waals surface area (Å²) in [6.07, 6.45) is 0.976. The first-order valence-electron chi connectivity index (χ1n) is 8.33. The maximum atomic E-state index is 5.34. The molecule has 5 nitrogen and oxygen atoms in total. The van der Waals surface area contributed by atoms with Gasteiger partial charge in [-0.15, -0.1) is 0 Å². The smallest absolute Gasteiger partial charge is 0.191 e. The van der Waals surface area contributed by atoms with Gasteiger partial charge in [0.15, 0.2) is 5.96 Å². The number of likely N-dealkylation sites (N-methyl/N-ethyl adjacent to an activating group) is 1. The Hall–Kier alpha value is -1.59. The lowest BCUT2D eigenvalue weighted by Gasteiger charge is -2.26. The summed E-state index contributed by atoms with van der Waals surface area (Å²) in [5, 5.41) is 6.73.